The average Bonchev–Trinajstić information content (AvgIpc) is 2.84. The number of halogens is 2. The normalized spacial score (nSPS) is 11.3. The molecule has 21 heavy (non-hydrogen) atoms. The Kier molecular flexibility index (Phi) is 5.33. The lowest BCUT2D eigenvalue weighted by Crippen LogP contribution is -2.27. The molecule has 0 atom stereocenters. The zero-order valence-electron chi connectivity index (χ0n) is 12.2. The molecule has 4 nitrogen and oxygen atoms in total. The lowest BCUT2D eigenvalue weighted by Gasteiger charge is -2.22. The molecule has 0 saturated heterocycles. The molecule has 0 bridgehead atoms. The molecule has 0 amide bonds. The van der Waals surface area contributed by atoms with Gasteiger partial charge in [-0.15, -0.1) is 0 Å². The van der Waals surface area contributed by atoms with Gasteiger partial charge in [0.2, 0.25) is 0 Å². The number of imidazole rings is 1. The predicted octanol–water partition coefficient (Wildman–Crippen LogP) is 2.81. The number of nitrogens with zero attached hydrogens (tertiary/aromatic N) is 2. The Morgan fingerprint density at radius 2 is 2.10 bits per heavy atom. The van der Waals surface area contributed by atoms with E-state index < -0.39 is 0 Å². The van der Waals surface area contributed by atoms with Gasteiger partial charge in [0.1, 0.15) is 11.6 Å². The lowest BCUT2D eigenvalue weighted by atomic mass is 10.1. The van der Waals surface area contributed by atoms with Gasteiger partial charge < -0.3 is 10.1 Å². The van der Waals surface area contributed by atoms with Gasteiger partial charge in [-0.1, -0.05) is 17.7 Å². The first-order chi connectivity index (χ1) is 10.0. The van der Waals surface area contributed by atoms with Crippen LogP contribution in [0.3, 0.4) is 0 Å². The largest absolute Gasteiger partial charge is 0.395 e. The van der Waals surface area contributed by atoms with Gasteiger partial charge in [-0.2, -0.15) is 0 Å². The minimum atomic E-state index is -0.286. The van der Waals surface area contributed by atoms with Crippen molar-refractivity contribution >= 4 is 11.6 Å². The molecule has 0 radical (unpaired) electrons. The van der Waals surface area contributed by atoms with E-state index in [9.17, 15) is 9.50 Å². The molecule has 2 aromatic rings. The highest BCUT2D eigenvalue weighted by molar-refractivity contribution is 6.31. The van der Waals surface area contributed by atoms with E-state index in [2.05, 4.69) is 9.97 Å². The van der Waals surface area contributed by atoms with Crippen molar-refractivity contribution in [1.29, 1.82) is 0 Å². The minimum absolute atomic E-state index is 0.00181. The summed E-state index contributed by atoms with van der Waals surface area (Å²) in [5, 5.41) is 9.60. The van der Waals surface area contributed by atoms with E-state index in [0.717, 1.165) is 11.5 Å². The Morgan fingerprint density at radius 3 is 2.71 bits per heavy atom. The van der Waals surface area contributed by atoms with Crippen LogP contribution in [0.4, 0.5) is 4.39 Å². The van der Waals surface area contributed by atoms with E-state index >= 15 is 0 Å². The molecule has 1 aromatic carbocycles. The number of aliphatic hydroxyl groups is 1. The number of H-pyrrole nitrogens is 1. The smallest absolute Gasteiger partial charge is 0.132 e. The van der Waals surface area contributed by atoms with E-state index in [1.54, 1.807) is 25.3 Å². The van der Waals surface area contributed by atoms with E-state index in [0.29, 0.717) is 35.8 Å². The fourth-order valence-corrected chi connectivity index (χ4v) is 2.44. The van der Waals surface area contributed by atoms with Crippen molar-refractivity contribution in [1.82, 2.24) is 14.9 Å². The summed E-state index contributed by atoms with van der Waals surface area (Å²) in [7, 11) is 0. The number of hydrogen-bond donors (Lipinski definition) is 2. The van der Waals surface area contributed by atoms with Crippen LogP contribution in [0, 0.1) is 19.7 Å². The molecule has 0 aliphatic rings. The number of hydrogen-bond acceptors (Lipinski definition) is 3. The SMILES string of the molecule is Cc1ncc(CN(CCO)Cc2c(Cl)ccc(C)c2F)[nH]1. The zero-order valence-corrected chi connectivity index (χ0v) is 12.9. The molecule has 0 aliphatic heterocycles. The highest BCUT2D eigenvalue weighted by atomic mass is 35.5. The van der Waals surface area contributed by atoms with Gasteiger partial charge in [0, 0.05) is 42.1 Å². The van der Waals surface area contributed by atoms with Crippen LogP contribution in [-0.4, -0.2) is 33.1 Å². The average molecular weight is 312 g/mol. The second-order valence-electron chi connectivity index (χ2n) is 5.08. The highest BCUT2D eigenvalue weighted by Gasteiger charge is 2.15. The number of aromatic nitrogens is 2. The standard InChI is InChI=1S/C15H19ClFN3O/c1-10-3-4-14(16)13(15(10)17)9-20(5-6-21)8-12-7-18-11(2)19-12/h3-4,7,21H,5-6,8-9H2,1-2H3,(H,18,19). The van der Waals surface area contributed by atoms with Crippen molar-refractivity contribution in [2.45, 2.75) is 26.9 Å². The Bertz CT molecular complexity index is 615. The van der Waals surface area contributed by atoms with Crippen molar-refractivity contribution in [3.8, 4) is 0 Å². The van der Waals surface area contributed by atoms with Crippen molar-refractivity contribution in [3.63, 3.8) is 0 Å². The highest BCUT2D eigenvalue weighted by Crippen LogP contribution is 2.24. The van der Waals surface area contributed by atoms with E-state index in [1.165, 1.54) is 0 Å². The van der Waals surface area contributed by atoms with Crippen molar-refractivity contribution in [2.75, 3.05) is 13.2 Å². The van der Waals surface area contributed by atoms with Gasteiger partial charge in [0.25, 0.3) is 0 Å². The molecular formula is C15H19ClFN3O. The van der Waals surface area contributed by atoms with Gasteiger partial charge in [0.05, 0.1) is 6.61 Å². The number of aryl methyl sites for hydroxylation is 2. The summed E-state index contributed by atoms with van der Waals surface area (Å²) in [4.78, 5) is 9.20. The molecule has 0 saturated carbocycles. The number of benzene rings is 1. The molecule has 1 aromatic heterocycles. The molecule has 0 spiro atoms. The third-order valence-electron chi connectivity index (χ3n) is 3.33. The maximum Gasteiger partial charge on any atom is 0.132 e. The molecular weight excluding hydrogens is 293 g/mol. The van der Waals surface area contributed by atoms with Crippen LogP contribution in [0.2, 0.25) is 5.02 Å². The lowest BCUT2D eigenvalue weighted by molar-refractivity contribution is 0.181. The van der Waals surface area contributed by atoms with Crippen molar-refractivity contribution in [3.05, 3.63) is 51.8 Å². The van der Waals surface area contributed by atoms with Gasteiger partial charge in [-0.25, -0.2) is 9.37 Å². The zero-order chi connectivity index (χ0) is 15.4. The molecule has 2 rings (SSSR count). The third kappa shape index (κ3) is 4.03. The molecule has 6 heteroatoms. The van der Waals surface area contributed by atoms with E-state index in [-0.39, 0.29) is 12.4 Å². The third-order valence-corrected chi connectivity index (χ3v) is 3.68. The molecule has 0 unspecified atom stereocenters. The van der Waals surface area contributed by atoms with Gasteiger partial charge >= 0.3 is 0 Å². The minimum Gasteiger partial charge on any atom is -0.395 e. The molecule has 114 valence electrons. The van der Waals surface area contributed by atoms with Crippen LogP contribution in [0.1, 0.15) is 22.6 Å². The summed E-state index contributed by atoms with van der Waals surface area (Å²) < 4.78 is 14.2. The van der Waals surface area contributed by atoms with E-state index in [1.807, 2.05) is 11.8 Å². The monoisotopic (exact) mass is 311 g/mol. The Hall–Kier alpha value is -1.43. The Morgan fingerprint density at radius 1 is 1.33 bits per heavy atom. The summed E-state index contributed by atoms with van der Waals surface area (Å²) in [6.07, 6.45) is 1.74. The number of aliphatic hydroxyl groups excluding tert-OH is 1. The Balaban J connectivity index is 2.18. The van der Waals surface area contributed by atoms with Crippen LogP contribution in [0.15, 0.2) is 18.3 Å². The van der Waals surface area contributed by atoms with Crippen LogP contribution in [0.5, 0.6) is 0 Å². The van der Waals surface area contributed by atoms with Crippen LogP contribution < -0.4 is 0 Å². The first-order valence-corrected chi connectivity index (χ1v) is 7.16. The van der Waals surface area contributed by atoms with E-state index in [4.69, 9.17) is 11.6 Å². The molecule has 0 aliphatic carbocycles. The second kappa shape index (κ2) is 7.02. The summed E-state index contributed by atoms with van der Waals surface area (Å²) in [5.41, 5.74) is 1.95. The van der Waals surface area contributed by atoms with Gasteiger partial charge in [-0.05, 0) is 25.5 Å². The fourth-order valence-electron chi connectivity index (χ4n) is 2.23. The first-order valence-electron chi connectivity index (χ1n) is 6.78. The topological polar surface area (TPSA) is 52.1 Å². The van der Waals surface area contributed by atoms with Crippen molar-refractivity contribution < 1.29 is 9.50 Å². The maximum atomic E-state index is 14.2. The summed E-state index contributed by atoms with van der Waals surface area (Å²) >= 11 is 6.10. The summed E-state index contributed by atoms with van der Waals surface area (Å²) in [5.74, 6) is 0.542. The summed E-state index contributed by atoms with van der Waals surface area (Å²) in [6, 6.07) is 3.36. The molecule has 0 fully saturated rings. The van der Waals surface area contributed by atoms with Gasteiger partial charge in [-0.3, -0.25) is 4.90 Å². The second-order valence-corrected chi connectivity index (χ2v) is 5.49. The Labute approximate surface area is 128 Å². The van der Waals surface area contributed by atoms with Crippen molar-refractivity contribution in [2.24, 2.45) is 0 Å². The van der Waals surface area contributed by atoms with Gasteiger partial charge in [0.15, 0.2) is 0 Å². The van der Waals surface area contributed by atoms with Crippen LogP contribution in [0.25, 0.3) is 0 Å². The predicted molar refractivity (Wildman–Crippen MR) is 80.7 cm³/mol. The molecule has 1 heterocycles. The van der Waals surface area contributed by atoms with Crippen LogP contribution in [-0.2, 0) is 13.1 Å². The fraction of sp³-hybridized carbons (Fsp3) is 0.400. The maximum absolute atomic E-state index is 14.2. The number of rotatable bonds is 6. The number of nitrogens with one attached hydrogen (secondary N) is 1. The quantitative estimate of drug-likeness (QED) is 0.862. The number of aromatic amines is 1. The molecule has 2 N–H and O–H groups in total. The van der Waals surface area contributed by atoms with Crippen LogP contribution >= 0.6 is 11.6 Å². The summed E-state index contributed by atoms with van der Waals surface area (Å²) in [6.45, 7) is 4.90. The first kappa shape index (κ1) is 15.9.